The minimum atomic E-state index is -0.0337. The van der Waals surface area contributed by atoms with E-state index in [1.165, 1.54) is 0 Å². The molecule has 0 heterocycles. The lowest BCUT2D eigenvalue weighted by atomic mass is 10.1. The van der Waals surface area contributed by atoms with Crippen molar-refractivity contribution in [2.75, 3.05) is 45.8 Å². The average molecular weight is 309 g/mol. The van der Waals surface area contributed by atoms with Crippen molar-refractivity contribution in [1.29, 1.82) is 0 Å². The summed E-state index contributed by atoms with van der Waals surface area (Å²) < 4.78 is 5.05. The van der Waals surface area contributed by atoms with Crippen LogP contribution in [0.2, 0.25) is 0 Å². The number of nitrogens with zero attached hydrogens (tertiary/aromatic N) is 2. The standard InChI is InChI=1S/C15H23N3O2S/c1-17(2)13-6-4-12(5-7-13)15(19)18(10-11-20-3)9-8-14(16)21/h4-7H,8-11H2,1-3H3,(H2,16,21). The molecular formula is C15H23N3O2S. The van der Waals surface area contributed by atoms with Gasteiger partial charge in [0.25, 0.3) is 5.91 Å². The highest BCUT2D eigenvalue weighted by atomic mass is 32.1. The highest BCUT2D eigenvalue weighted by Crippen LogP contribution is 2.14. The molecule has 0 radical (unpaired) electrons. The van der Waals surface area contributed by atoms with Crippen molar-refractivity contribution in [3.8, 4) is 0 Å². The highest BCUT2D eigenvalue weighted by Gasteiger charge is 2.15. The fourth-order valence-corrected chi connectivity index (χ4v) is 1.94. The van der Waals surface area contributed by atoms with Gasteiger partial charge >= 0.3 is 0 Å². The summed E-state index contributed by atoms with van der Waals surface area (Å²) in [5.74, 6) is -0.0337. The Balaban J connectivity index is 2.79. The van der Waals surface area contributed by atoms with Crippen molar-refractivity contribution < 1.29 is 9.53 Å². The summed E-state index contributed by atoms with van der Waals surface area (Å²) >= 11 is 4.88. The zero-order chi connectivity index (χ0) is 15.8. The van der Waals surface area contributed by atoms with Gasteiger partial charge in [0.1, 0.15) is 0 Å². The minimum absolute atomic E-state index is 0.0337. The Morgan fingerprint density at radius 1 is 1.24 bits per heavy atom. The van der Waals surface area contributed by atoms with Gasteiger partial charge in [-0.2, -0.15) is 0 Å². The number of benzene rings is 1. The number of nitrogens with two attached hydrogens (primary N) is 1. The average Bonchev–Trinajstić information content (AvgIpc) is 2.46. The van der Waals surface area contributed by atoms with Gasteiger partial charge in [0.2, 0.25) is 0 Å². The van der Waals surface area contributed by atoms with E-state index in [0.717, 1.165) is 5.69 Å². The summed E-state index contributed by atoms with van der Waals surface area (Å²) in [6.07, 6.45) is 0.514. The lowest BCUT2D eigenvalue weighted by molar-refractivity contribution is 0.0701. The fourth-order valence-electron chi connectivity index (χ4n) is 1.85. The number of ether oxygens (including phenoxy) is 1. The predicted octanol–water partition coefficient (Wildman–Crippen LogP) is 1.52. The molecule has 0 fully saturated rings. The Morgan fingerprint density at radius 3 is 2.33 bits per heavy atom. The summed E-state index contributed by atoms with van der Waals surface area (Å²) in [5, 5.41) is 0. The second kappa shape index (κ2) is 8.59. The van der Waals surface area contributed by atoms with Crippen LogP contribution in [0.1, 0.15) is 16.8 Å². The zero-order valence-electron chi connectivity index (χ0n) is 12.8. The lowest BCUT2D eigenvalue weighted by Crippen LogP contribution is -2.36. The molecule has 0 aliphatic rings. The molecule has 6 heteroatoms. The van der Waals surface area contributed by atoms with Crippen molar-refractivity contribution in [2.24, 2.45) is 5.73 Å². The van der Waals surface area contributed by atoms with Gasteiger partial charge in [-0.1, -0.05) is 12.2 Å². The largest absolute Gasteiger partial charge is 0.393 e. The van der Waals surface area contributed by atoms with Crippen LogP contribution >= 0.6 is 12.2 Å². The summed E-state index contributed by atoms with van der Waals surface area (Å²) in [4.78, 5) is 16.6. The third kappa shape index (κ3) is 5.69. The van der Waals surface area contributed by atoms with Gasteiger partial charge in [-0.25, -0.2) is 0 Å². The first-order valence-electron chi connectivity index (χ1n) is 6.79. The number of carbonyl (C=O) groups is 1. The minimum Gasteiger partial charge on any atom is -0.393 e. The number of hydrogen-bond donors (Lipinski definition) is 1. The van der Waals surface area contributed by atoms with Crippen LogP contribution < -0.4 is 10.6 Å². The van der Waals surface area contributed by atoms with Gasteiger partial charge in [0.15, 0.2) is 0 Å². The monoisotopic (exact) mass is 309 g/mol. The van der Waals surface area contributed by atoms with E-state index in [2.05, 4.69) is 0 Å². The Morgan fingerprint density at radius 2 is 1.86 bits per heavy atom. The van der Waals surface area contributed by atoms with Gasteiger partial charge in [-0.05, 0) is 24.3 Å². The van der Waals surface area contributed by atoms with Crippen molar-refractivity contribution >= 4 is 28.8 Å². The van der Waals surface area contributed by atoms with Crippen LogP contribution in [0.3, 0.4) is 0 Å². The van der Waals surface area contributed by atoms with Crippen LogP contribution in [0.15, 0.2) is 24.3 Å². The first-order valence-corrected chi connectivity index (χ1v) is 7.20. The molecule has 116 valence electrons. The number of carbonyl (C=O) groups excluding carboxylic acids is 1. The second-order valence-corrected chi connectivity index (χ2v) is 5.47. The maximum atomic E-state index is 12.5. The number of amides is 1. The van der Waals surface area contributed by atoms with Crippen LogP contribution in [0.5, 0.6) is 0 Å². The Bertz CT molecular complexity index is 474. The normalized spacial score (nSPS) is 10.2. The van der Waals surface area contributed by atoms with Crippen LogP contribution in [-0.2, 0) is 4.74 Å². The zero-order valence-corrected chi connectivity index (χ0v) is 13.7. The van der Waals surface area contributed by atoms with E-state index < -0.39 is 0 Å². The van der Waals surface area contributed by atoms with Crippen molar-refractivity contribution in [2.45, 2.75) is 6.42 Å². The second-order valence-electron chi connectivity index (χ2n) is 4.94. The molecule has 21 heavy (non-hydrogen) atoms. The lowest BCUT2D eigenvalue weighted by Gasteiger charge is -2.22. The van der Waals surface area contributed by atoms with Crippen LogP contribution in [-0.4, -0.2) is 56.7 Å². The maximum absolute atomic E-state index is 12.5. The van der Waals surface area contributed by atoms with Crippen molar-refractivity contribution in [3.63, 3.8) is 0 Å². The molecule has 0 aliphatic carbocycles. The number of hydrogen-bond acceptors (Lipinski definition) is 4. The van der Waals surface area contributed by atoms with E-state index in [1.807, 2.05) is 43.3 Å². The van der Waals surface area contributed by atoms with E-state index in [4.69, 9.17) is 22.7 Å². The Hall–Kier alpha value is -1.66. The SMILES string of the molecule is COCCN(CCC(N)=S)C(=O)c1ccc(N(C)C)cc1. The molecule has 0 atom stereocenters. The quantitative estimate of drug-likeness (QED) is 0.738. The fraction of sp³-hybridized carbons (Fsp3) is 0.467. The van der Waals surface area contributed by atoms with Crippen molar-refractivity contribution in [1.82, 2.24) is 4.90 Å². The molecule has 5 nitrogen and oxygen atoms in total. The summed E-state index contributed by atoms with van der Waals surface area (Å²) in [6, 6.07) is 7.51. The van der Waals surface area contributed by atoms with Gasteiger partial charge in [-0.3, -0.25) is 4.79 Å². The number of anilines is 1. The molecule has 0 aliphatic heterocycles. The van der Waals surface area contributed by atoms with Crippen molar-refractivity contribution in [3.05, 3.63) is 29.8 Å². The smallest absolute Gasteiger partial charge is 0.253 e. The molecule has 2 N–H and O–H groups in total. The number of methoxy groups -OCH3 is 1. The summed E-state index contributed by atoms with van der Waals surface area (Å²) in [7, 11) is 5.54. The Labute approximate surface area is 131 Å². The van der Waals surface area contributed by atoms with E-state index in [9.17, 15) is 4.79 Å². The van der Waals surface area contributed by atoms with Crippen LogP contribution in [0, 0.1) is 0 Å². The molecule has 1 aromatic rings. The molecule has 1 rings (SSSR count). The first kappa shape index (κ1) is 17.4. The number of thiocarbonyl (C=S) groups is 1. The summed E-state index contributed by atoms with van der Waals surface area (Å²) in [6.45, 7) is 1.51. The van der Waals surface area contributed by atoms with E-state index in [1.54, 1.807) is 12.0 Å². The van der Waals surface area contributed by atoms with Crippen LogP contribution in [0.4, 0.5) is 5.69 Å². The van der Waals surface area contributed by atoms with Gasteiger partial charge < -0.3 is 20.3 Å². The van der Waals surface area contributed by atoms with Gasteiger partial charge in [-0.15, -0.1) is 0 Å². The third-order valence-corrected chi connectivity index (χ3v) is 3.32. The molecule has 0 spiro atoms. The van der Waals surface area contributed by atoms with Crippen LogP contribution in [0.25, 0.3) is 0 Å². The molecular weight excluding hydrogens is 286 g/mol. The van der Waals surface area contributed by atoms with E-state index in [0.29, 0.717) is 36.7 Å². The van der Waals surface area contributed by atoms with Gasteiger partial charge in [0.05, 0.1) is 11.6 Å². The topological polar surface area (TPSA) is 58.8 Å². The molecule has 0 aromatic heterocycles. The Kier molecular flexibility index (Phi) is 7.11. The van der Waals surface area contributed by atoms with E-state index >= 15 is 0 Å². The molecule has 0 saturated heterocycles. The highest BCUT2D eigenvalue weighted by molar-refractivity contribution is 7.80. The maximum Gasteiger partial charge on any atom is 0.253 e. The molecule has 0 bridgehead atoms. The molecule has 1 amide bonds. The molecule has 0 saturated carbocycles. The molecule has 0 unspecified atom stereocenters. The van der Waals surface area contributed by atoms with E-state index in [-0.39, 0.29) is 5.91 Å². The molecule has 1 aromatic carbocycles. The van der Waals surface area contributed by atoms with Gasteiger partial charge in [0, 0.05) is 52.0 Å². The first-order chi connectivity index (χ1) is 9.95. The number of rotatable bonds is 8. The third-order valence-electron chi connectivity index (χ3n) is 3.11. The summed E-state index contributed by atoms with van der Waals surface area (Å²) in [5.41, 5.74) is 7.22. The predicted molar refractivity (Wildman–Crippen MR) is 90.0 cm³/mol.